The minimum Gasteiger partial charge on any atom is -0.313 e. The number of fused-ring (bicyclic) bond motifs is 9. The number of hydrogen-bond acceptors (Lipinski definition) is 2. The Bertz CT molecular complexity index is 3680. The Morgan fingerprint density at radius 2 is 0.841 bits per heavy atom. The smallest absolute Gasteiger partial charge is 0.0571 e. The summed E-state index contributed by atoms with van der Waals surface area (Å²) >= 11 is 0. The maximum atomic E-state index is 4.74. The van der Waals surface area contributed by atoms with Crippen LogP contribution in [0, 0.1) is 0 Å². The molecule has 5 heterocycles. The van der Waals surface area contributed by atoms with E-state index < -0.39 is 0 Å². The highest BCUT2D eigenvalue weighted by molar-refractivity contribution is 6.10. The summed E-state index contributed by atoms with van der Waals surface area (Å²) in [6.45, 7) is 0. The van der Waals surface area contributed by atoms with Crippen LogP contribution in [0.15, 0.2) is 207 Å². The second-order valence-electron chi connectivity index (χ2n) is 16.6. The van der Waals surface area contributed by atoms with Gasteiger partial charge in [0.2, 0.25) is 0 Å². The third-order valence-corrected chi connectivity index (χ3v) is 13.1. The Labute approximate surface area is 364 Å². The fraction of sp³-hybridized carbons (Fsp3) is 0.0345. The molecule has 0 amide bonds. The number of pyridine rings is 2. The Morgan fingerprint density at radius 3 is 1.48 bits per heavy atom. The number of nitrogens with zero attached hydrogens (tertiary/aromatic N) is 5. The molecule has 5 aromatic heterocycles. The van der Waals surface area contributed by atoms with Crippen molar-refractivity contribution in [1.29, 1.82) is 0 Å². The van der Waals surface area contributed by atoms with Crippen LogP contribution in [0.1, 0.15) is 17.7 Å². The van der Waals surface area contributed by atoms with E-state index in [1.807, 2.05) is 24.8 Å². The SMILES string of the molecule is C1=Cc2c(n(-c3cc(-c4ccc(-c5cncc(-c6ccc(-n7c8ccccc8c8cnccc87)cc6)c5)cc4)cc(-n4c5ccccc5c5ccccc54)c3)c3ccccc23)CC1. The molecule has 1 aliphatic carbocycles. The predicted octanol–water partition coefficient (Wildman–Crippen LogP) is 14.6. The zero-order valence-corrected chi connectivity index (χ0v) is 34.4. The molecule has 0 saturated carbocycles. The van der Waals surface area contributed by atoms with Crippen molar-refractivity contribution in [1.82, 2.24) is 23.7 Å². The van der Waals surface area contributed by atoms with Crippen molar-refractivity contribution in [3.8, 4) is 50.4 Å². The van der Waals surface area contributed by atoms with Crippen LogP contribution in [-0.2, 0) is 6.42 Å². The summed E-state index contributed by atoms with van der Waals surface area (Å²) in [5, 5.41) is 6.16. The highest BCUT2D eigenvalue weighted by atomic mass is 15.0. The third-order valence-electron chi connectivity index (χ3n) is 13.1. The standard InChI is InChI=1S/C58H39N5/c1-6-16-53-47(11-1)48-12-2-7-17-54(48)62(53)45-32-41(33-46(34-45)63-55-18-8-3-13-49(55)50-14-4-9-19-56(50)63)38-21-23-39(24-22-38)42-31-43(36-60-35-42)40-25-27-44(28-26-40)61-57-20-10-5-15-51(57)52-37-59-30-29-58(52)61/h1-8,10-18,20-37H,9,19H2. The van der Waals surface area contributed by atoms with Crippen LogP contribution in [0.3, 0.4) is 0 Å². The Hall–Kier alpha value is -8.28. The zero-order chi connectivity index (χ0) is 41.4. The molecule has 5 heteroatoms. The lowest BCUT2D eigenvalue weighted by molar-refractivity contribution is 0.888. The maximum absolute atomic E-state index is 4.74. The molecular formula is C58H39N5. The first-order valence-electron chi connectivity index (χ1n) is 21.7. The number of hydrogen-bond donors (Lipinski definition) is 0. The van der Waals surface area contributed by atoms with Crippen molar-refractivity contribution in [3.63, 3.8) is 0 Å². The first-order valence-corrected chi connectivity index (χ1v) is 21.7. The first-order chi connectivity index (χ1) is 31.2. The van der Waals surface area contributed by atoms with Crippen molar-refractivity contribution >= 4 is 60.6 Å². The van der Waals surface area contributed by atoms with Crippen LogP contribution in [-0.4, -0.2) is 23.7 Å². The number of rotatable bonds is 6. The van der Waals surface area contributed by atoms with E-state index >= 15 is 0 Å². The van der Waals surface area contributed by atoms with Crippen LogP contribution < -0.4 is 0 Å². The Kier molecular flexibility index (Phi) is 7.97. The van der Waals surface area contributed by atoms with Gasteiger partial charge in [-0.1, -0.05) is 121 Å². The fourth-order valence-corrected chi connectivity index (χ4v) is 10.2. The van der Waals surface area contributed by atoms with Gasteiger partial charge in [-0.3, -0.25) is 9.97 Å². The van der Waals surface area contributed by atoms with Gasteiger partial charge in [-0.25, -0.2) is 0 Å². The van der Waals surface area contributed by atoms with E-state index in [1.165, 1.54) is 66.1 Å². The van der Waals surface area contributed by atoms with Gasteiger partial charge in [-0.15, -0.1) is 0 Å². The highest BCUT2D eigenvalue weighted by Gasteiger charge is 2.21. The molecule has 13 rings (SSSR count). The minimum absolute atomic E-state index is 1.00. The average molecular weight is 806 g/mol. The van der Waals surface area contributed by atoms with Crippen LogP contribution >= 0.6 is 0 Å². The van der Waals surface area contributed by atoms with E-state index in [0.717, 1.165) is 62.9 Å². The largest absolute Gasteiger partial charge is 0.313 e. The van der Waals surface area contributed by atoms with E-state index in [0.29, 0.717) is 0 Å². The van der Waals surface area contributed by atoms with Crippen molar-refractivity contribution in [3.05, 3.63) is 218 Å². The van der Waals surface area contributed by atoms with Gasteiger partial charge in [-0.05, 0) is 102 Å². The van der Waals surface area contributed by atoms with Gasteiger partial charge < -0.3 is 13.7 Å². The van der Waals surface area contributed by atoms with Gasteiger partial charge in [0.15, 0.2) is 0 Å². The summed E-state index contributed by atoms with van der Waals surface area (Å²) < 4.78 is 7.27. The van der Waals surface area contributed by atoms with E-state index in [1.54, 1.807) is 0 Å². The predicted molar refractivity (Wildman–Crippen MR) is 261 cm³/mol. The molecule has 0 N–H and O–H groups in total. The van der Waals surface area contributed by atoms with Crippen molar-refractivity contribution in [2.75, 3.05) is 0 Å². The highest BCUT2D eigenvalue weighted by Crippen LogP contribution is 2.39. The number of aromatic nitrogens is 5. The number of benzene rings is 7. The van der Waals surface area contributed by atoms with E-state index in [-0.39, 0.29) is 0 Å². The third kappa shape index (κ3) is 5.63. The molecule has 12 aromatic rings. The van der Waals surface area contributed by atoms with E-state index in [9.17, 15) is 0 Å². The molecule has 7 aromatic carbocycles. The van der Waals surface area contributed by atoms with Gasteiger partial charge in [0.05, 0.1) is 27.6 Å². The van der Waals surface area contributed by atoms with Crippen molar-refractivity contribution < 1.29 is 0 Å². The quantitative estimate of drug-likeness (QED) is 0.168. The van der Waals surface area contributed by atoms with Gasteiger partial charge in [0.25, 0.3) is 0 Å². The van der Waals surface area contributed by atoms with Gasteiger partial charge in [0.1, 0.15) is 0 Å². The van der Waals surface area contributed by atoms with Crippen LogP contribution in [0.25, 0.3) is 111 Å². The molecule has 0 fully saturated rings. The summed E-state index contributed by atoms with van der Waals surface area (Å²) in [6.07, 6.45) is 14.4. The molecule has 0 atom stereocenters. The number of allylic oxidation sites excluding steroid dienone is 1. The number of para-hydroxylation sites is 4. The molecule has 0 unspecified atom stereocenters. The molecule has 0 saturated heterocycles. The van der Waals surface area contributed by atoms with E-state index in [4.69, 9.17) is 4.98 Å². The topological polar surface area (TPSA) is 40.6 Å². The molecule has 0 spiro atoms. The lowest BCUT2D eigenvalue weighted by Gasteiger charge is -2.18. The van der Waals surface area contributed by atoms with Gasteiger partial charge >= 0.3 is 0 Å². The molecular weight excluding hydrogens is 767 g/mol. The second kappa shape index (κ2) is 14.2. The summed E-state index contributed by atoms with van der Waals surface area (Å²) in [7, 11) is 0. The summed E-state index contributed by atoms with van der Waals surface area (Å²) in [5.41, 5.74) is 18.8. The van der Waals surface area contributed by atoms with Crippen LogP contribution in [0.2, 0.25) is 0 Å². The fourth-order valence-electron chi connectivity index (χ4n) is 10.2. The first kappa shape index (κ1) is 35.5. The molecule has 5 nitrogen and oxygen atoms in total. The summed E-state index contributed by atoms with van der Waals surface area (Å²) in [6, 6.07) is 64.2. The van der Waals surface area contributed by atoms with Crippen molar-refractivity contribution in [2.24, 2.45) is 0 Å². The summed E-state index contributed by atoms with van der Waals surface area (Å²) in [4.78, 5) is 9.16. The second-order valence-corrected chi connectivity index (χ2v) is 16.6. The molecule has 1 aliphatic rings. The van der Waals surface area contributed by atoms with Gasteiger partial charge in [-0.2, -0.15) is 0 Å². The molecule has 0 radical (unpaired) electrons. The van der Waals surface area contributed by atoms with Gasteiger partial charge in [0, 0.05) is 91.2 Å². The monoisotopic (exact) mass is 805 g/mol. The summed E-state index contributed by atoms with van der Waals surface area (Å²) in [5.74, 6) is 0. The molecule has 0 aliphatic heterocycles. The molecule has 296 valence electrons. The zero-order valence-electron chi connectivity index (χ0n) is 34.4. The lowest BCUT2D eigenvalue weighted by Crippen LogP contribution is -2.05. The Balaban J connectivity index is 0.899. The minimum atomic E-state index is 1.00. The van der Waals surface area contributed by atoms with E-state index in [2.05, 4.69) is 207 Å². The van der Waals surface area contributed by atoms with Crippen LogP contribution in [0.5, 0.6) is 0 Å². The molecule has 63 heavy (non-hydrogen) atoms. The Morgan fingerprint density at radius 1 is 0.349 bits per heavy atom. The molecule has 0 bridgehead atoms. The maximum Gasteiger partial charge on any atom is 0.0571 e. The average Bonchev–Trinajstić information content (AvgIpc) is 4.00. The van der Waals surface area contributed by atoms with Crippen LogP contribution in [0.4, 0.5) is 0 Å². The normalized spacial score (nSPS) is 12.6. The van der Waals surface area contributed by atoms with Crippen molar-refractivity contribution in [2.45, 2.75) is 12.8 Å². The lowest BCUT2D eigenvalue weighted by atomic mass is 9.98.